The molecule has 5 rings (SSSR count). The number of benzene rings is 3. The first-order valence-corrected chi connectivity index (χ1v) is 13.0. The van der Waals surface area contributed by atoms with Crippen LogP contribution in [0.5, 0.6) is 0 Å². The summed E-state index contributed by atoms with van der Waals surface area (Å²) in [5.74, 6) is 1.33. The van der Waals surface area contributed by atoms with Crippen molar-refractivity contribution in [1.82, 2.24) is 4.98 Å². The molecule has 0 saturated heterocycles. The van der Waals surface area contributed by atoms with Crippen LogP contribution < -0.4 is 0 Å². The SMILES string of the molecule is CC(=O)/C=C(/C)O.Cc1cc2c(C(C)(C)C)cc(-c3nccc4c3ccc3c(C(C)C)cccc34)[c-]c2o1.[Ir]. The minimum atomic E-state index is -0.125. The van der Waals surface area contributed by atoms with Gasteiger partial charge in [0.25, 0.3) is 0 Å². The van der Waals surface area contributed by atoms with Gasteiger partial charge >= 0.3 is 0 Å². The van der Waals surface area contributed by atoms with Gasteiger partial charge in [-0.25, -0.2) is 0 Å². The third kappa shape index (κ3) is 6.49. The smallest absolute Gasteiger partial charge is 0.155 e. The molecule has 1 N–H and O–H groups in total. The molecule has 0 aliphatic carbocycles. The van der Waals surface area contributed by atoms with Gasteiger partial charge in [-0.15, -0.1) is 17.2 Å². The van der Waals surface area contributed by atoms with Crippen LogP contribution >= 0.6 is 0 Å². The van der Waals surface area contributed by atoms with E-state index in [2.05, 4.69) is 89.2 Å². The van der Waals surface area contributed by atoms with E-state index in [9.17, 15) is 4.79 Å². The average Bonchev–Trinajstić information content (AvgIpc) is 3.21. The van der Waals surface area contributed by atoms with Gasteiger partial charge in [0.2, 0.25) is 0 Å². The number of allylic oxidation sites excluding steroid dienone is 2. The number of carbonyl (C=O) groups excluding carboxylic acids is 1. The van der Waals surface area contributed by atoms with Crippen LogP contribution in [-0.2, 0) is 30.3 Å². The molecule has 0 aliphatic heterocycles. The molecule has 0 amide bonds. The predicted octanol–water partition coefficient (Wildman–Crippen LogP) is 9.37. The predicted molar refractivity (Wildman–Crippen MR) is 158 cm³/mol. The Hall–Kier alpha value is -3.27. The minimum Gasteiger partial charge on any atom is -0.512 e. The molecule has 0 fully saturated rings. The summed E-state index contributed by atoms with van der Waals surface area (Å²) in [5.41, 5.74) is 5.37. The van der Waals surface area contributed by atoms with Crippen LogP contribution in [0.3, 0.4) is 0 Å². The van der Waals surface area contributed by atoms with Gasteiger partial charge in [0.05, 0.1) is 17.1 Å². The number of ketones is 1. The average molecular weight is 699 g/mol. The van der Waals surface area contributed by atoms with Crippen molar-refractivity contribution in [2.45, 2.75) is 66.7 Å². The van der Waals surface area contributed by atoms with Crippen molar-refractivity contribution in [3.63, 3.8) is 0 Å². The van der Waals surface area contributed by atoms with Crippen molar-refractivity contribution in [2.24, 2.45) is 0 Å². The second-order valence-corrected chi connectivity index (χ2v) is 11.3. The molecular formula is C34H36IrNO3-. The van der Waals surface area contributed by atoms with E-state index in [1.807, 2.05) is 13.1 Å². The maximum atomic E-state index is 10.0. The minimum absolute atomic E-state index is 0. The van der Waals surface area contributed by atoms with Gasteiger partial charge in [0, 0.05) is 32.4 Å². The number of aromatic nitrogens is 1. The number of aliphatic hydroxyl groups excluding tert-OH is 1. The molecule has 205 valence electrons. The number of hydrogen-bond acceptors (Lipinski definition) is 4. The molecule has 4 nitrogen and oxygen atoms in total. The Balaban J connectivity index is 0.000000468. The number of rotatable bonds is 3. The third-order valence-electron chi connectivity index (χ3n) is 6.62. The van der Waals surface area contributed by atoms with Crippen molar-refractivity contribution < 1.29 is 34.4 Å². The molecule has 3 aromatic carbocycles. The number of hydrogen-bond donors (Lipinski definition) is 1. The van der Waals surface area contributed by atoms with Crippen LogP contribution in [0.1, 0.15) is 71.3 Å². The normalized spacial score (nSPS) is 12.0. The summed E-state index contributed by atoms with van der Waals surface area (Å²) in [6.07, 6.45) is 3.08. The zero-order valence-electron chi connectivity index (χ0n) is 23.9. The van der Waals surface area contributed by atoms with E-state index in [4.69, 9.17) is 14.5 Å². The van der Waals surface area contributed by atoms with E-state index in [0.29, 0.717) is 5.92 Å². The van der Waals surface area contributed by atoms with Gasteiger partial charge in [0.1, 0.15) is 0 Å². The van der Waals surface area contributed by atoms with E-state index in [-0.39, 0.29) is 37.1 Å². The summed E-state index contributed by atoms with van der Waals surface area (Å²) in [6, 6.07) is 21.1. The van der Waals surface area contributed by atoms with E-state index >= 15 is 0 Å². The van der Waals surface area contributed by atoms with E-state index < -0.39 is 0 Å². The first kappa shape index (κ1) is 30.3. The van der Waals surface area contributed by atoms with Crippen LogP contribution in [0.15, 0.2) is 71.0 Å². The molecule has 0 atom stereocenters. The summed E-state index contributed by atoms with van der Waals surface area (Å²) in [7, 11) is 0. The summed E-state index contributed by atoms with van der Waals surface area (Å²) in [5, 5.41) is 14.5. The molecule has 0 aliphatic rings. The van der Waals surface area contributed by atoms with Gasteiger partial charge < -0.3 is 14.5 Å². The van der Waals surface area contributed by atoms with Gasteiger partial charge in [0.15, 0.2) is 5.78 Å². The second kappa shape index (κ2) is 11.9. The van der Waals surface area contributed by atoms with Crippen LogP contribution in [0.25, 0.3) is 43.8 Å². The van der Waals surface area contributed by atoms with E-state index in [1.54, 1.807) is 0 Å². The van der Waals surface area contributed by atoms with Crippen molar-refractivity contribution in [2.75, 3.05) is 0 Å². The fourth-order valence-electron chi connectivity index (χ4n) is 5.00. The quantitative estimate of drug-likeness (QED) is 0.0883. The summed E-state index contributed by atoms with van der Waals surface area (Å²) in [4.78, 5) is 14.8. The molecule has 0 saturated carbocycles. The van der Waals surface area contributed by atoms with Crippen LogP contribution in [0, 0.1) is 13.0 Å². The second-order valence-electron chi connectivity index (χ2n) is 11.3. The number of fused-ring (bicyclic) bond motifs is 4. The van der Waals surface area contributed by atoms with Gasteiger partial charge in [-0.05, 0) is 71.0 Å². The molecule has 0 bridgehead atoms. The Morgan fingerprint density at radius 3 is 2.23 bits per heavy atom. The molecule has 0 spiro atoms. The Labute approximate surface area is 244 Å². The zero-order valence-corrected chi connectivity index (χ0v) is 26.3. The monoisotopic (exact) mass is 699 g/mol. The fourth-order valence-corrected chi connectivity index (χ4v) is 5.00. The number of aryl methyl sites for hydroxylation is 1. The Morgan fingerprint density at radius 1 is 0.974 bits per heavy atom. The van der Waals surface area contributed by atoms with Crippen LogP contribution in [0.4, 0.5) is 0 Å². The molecule has 5 aromatic rings. The van der Waals surface area contributed by atoms with Crippen molar-refractivity contribution in [3.05, 3.63) is 89.5 Å². The maximum Gasteiger partial charge on any atom is 0.155 e. The number of nitrogens with zero attached hydrogens (tertiary/aromatic N) is 1. The van der Waals surface area contributed by atoms with Crippen molar-refractivity contribution in [1.29, 1.82) is 0 Å². The molecule has 0 unspecified atom stereocenters. The van der Waals surface area contributed by atoms with E-state index in [0.717, 1.165) is 33.4 Å². The number of furan rings is 1. The van der Waals surface area contributed by atoms with Crippen molar-refractivity contribution in [3.8, 4) is 11.3 Å². The number of aliphatic hydroxyl groups is 1. The molecule has 2 aromatic heterocycles. The molecule has 1 radical (unpaired) electrons. The summed E-state index contributed by atoms with van der Waals surface area (Å²) in [6.45, 7) is 16.1. The fraction of sp³-hybridized carbons (Fsp3) is 0.294. The maximum absolute atomic E-state index is 10.0. The topological polar surface area (TPSA) is 63.3 Å². The Kier molecular flexibility index (Phi) is 9.20. The molecule has 39 heavy (non-hydrogen) atoms. The third-order valence-corrected chi connectivity index (χ3v) is 6.62. The number of pyridine rings is 1. The van der Waals surface area contributed by atoms with Crippen LogP contribution in [-0.4, -0.2) is 15.9 Å². The van der Waals surface area contributed by atoms with Crippen molar-refractivity contribution >= 4 is 38.3 Å². The first-order valence-electron chi connectivity index (χ1n) is 13.0. The van der Waals surface area contributed by atoms with E-state index in [1.165, 1.54) is 47.2 Å². The van der Waals surface area contributed by atoms with Gasteiger partial charge in [-0.1, -0.05) is 82.5 Å². The van der Waals surface area contributed by atoms with Gasteiger partial charge in [-0.3, -0.25) is 4.79 Å². The standard InChI is InChI=1S/C29H28NO.C5H8O2.Ir/c1-17(2)20-8-7-9-21-22(20)10-11-24-23(21)12-13-30-28(24)19-15-26(29(4,5)6)25-14-18(3)31-27(25)16-19;1-4(6)3-5(2)7;/h7-15,17H,1-6H3;3,6H,1-2H3;/q-1;;/b;4-3-;. The largest absolute Gasteiger partial charge is 0.512 e. The first-order chi connectivity index (χ1) is 17.9. The summed E-state index contributed by atoms with van der Waals surface area (Å²) < 4.78 is 6.01. The Morgan fingerprint density at radius 2 is 1.64 bits per heavy atom. The summed E-state index contributed by atoms with van der Waals surface area (Å²) >= 11 is 0. The van der Waals surface area contributed by atoms with Crippen LogP contribution in [0.2, 0.25) is 0 Å². The molecule has 2 heterocycles. The molecular weight excluding hydrogens is 663 g/mol. The Bertz CT molecular complexity index is 1680. The molecule has 5 heteroatoms. The van der Waals surface area contributed by atoms with Gasteiger partial charge in [-0.2, -0.15) is 0 Å². The zero-order chi connectivity index (χ0) is 27.8. The number of carbonyl (C=O) groups is 1.